The van der Waals surface area contributed by atoms with E-state index in [1.54, 1.807) is 12.4 Å². The lowest BCUT2D eigenvalue weighted by Gasteiger charge is -2.20. The van der Waals surface area contributed by atoms with Gasteiger partial charge in [0.15, 0.2) is 0 Å². The molecular formula is C23H23N5O. The van der Waals surface area contributed by atoms with Crippen LogP contribution in [0.1, 0.15) is 28.8 Å². The van der Waals surface area contributed by atoms with E-state index in [2.05, 4.69) is 19.9 Å². The van der Waals surface area contributed by atoms with E-state index in [-0.39, 0.29) is 5.91 Å². The zero-order valence-electron chi connectivity index (χ0n) is 16.5. The molecule has 4 aromatic rings. The number of carbonyl (C=O) groups excluding carboxylic acids is 1. The summed E-state index contributed by atoms with van der Waals surface area (Å²) in [5.74, 6) is 1.64. The molecule has 0 spiro atoms. The molecule has 146 valence electrons. The Kier molecular flexibility index (Phi) is 5.24. The molecule has 2 aromatic heterocycles. The molecule has 0 fully saturated rings. The third-order valence-electron chi connectivity index (χ3n) is 4.98. The molecule has 6 heteroatoms. The number of hydrogen-bond donors (Lipinski definition) is 1. The van der Waals surface area contributed by atoms with Crippen LogP contribution in [0, 0.1) is 13.8 Å². The zero-order valence-corrected chi connectivity index (χ0v) is 16.5. The molecule has 0 saturated heterocycles. The highest BCUT2D eigenvalue weighted by molar-refractivity contribution is 5.96. The summed E-state index contributed by atoms with van der Waals surface area (Å²) in [4.78, 5) is 21.8. The summed E-state index contributed by atoms with van der Waals surface area (Å²) in [7, 11) is 0. The summed E-state index contributed by atoms with van der Waals surface area (Å²) in [6, 6.07) is 17.2. The third kappa shape index (κ3) is 4.11. The number of benzene rings is 2. The minimum Gasteiger partial charge on any atom is -0.331 e. The van der Waals surface area contributed by atoms with Crippen LogP contribution < -0.4 is 5.32 Å². The number of rotatable bonds is 6. The first-order valence-electron chi connectivity index (χ1n) is 9.54. The van der Waals surface area contributed by atoms with E-state index < -0.39 is 6.04 Å². The molecule has 0 unspecified atom stereocenters. The molecular weight excluding hydrogens is 362 g/mol. The second-order valence-electron chi connectivity index (χ2n) is 6.99. The van der Waals surface area contributed by atoms with Crippen LogP contribution in [0.25, 0.3) is 0 Å². The Morgan fingerprint density at radius 3 is 2.41 bits per heavy atom. The van der Waals surface area contributed by atoms with Crippen molar-refractivity contribution in [2.75, 3.05) is 5.32 Å². The molecule has 4 rings (SSSR count). The fourth-order valence-electron chi connectivity index (χ4n) is 3.46. The minimum atomic E-state index is -0.488. The Bertz CT molecular complexity index is 1110. The predicted octanol–water partition coefficient (Wildman–Crippen LogP) is 3.97. The van der Waals surface area contributed by atoms with E-state index in [0.717, 1.165) is 28.5 Å². The fourth-order valence-corrected chi connectivity index (χ4v) is 3.46. The smallest absolute Gasteiger partial charge is 0.252 e. The van der Waals surface area contributed by atoms with Gasteiger partial charge in [-0.15, -0.1) is 0 Å². The van der Waals surface area contributed by atoms with Gasteiger partial charge in [-0.05, 0) is 37.1 Å². The van der Waals surface area contributed by atoms with Crippen molar-refractivity contribution < 1.29 is 4.79 Å². The van der Waals surface area contributed by atoms with Gasteiger partial charge in [0, 0.05) is 37.0 Å². The van der Waals surface area contributed by atoms with Gasteiger partial charge < -0.3 is 14.5 Å². The number of nitrogens with one attached hydrogen (secondary N) is 1. The van der Waals surface area contributed by atoms with E-state index in [1.807, 2.05) is 85.4 Å². The summed E-state index contributed by atoms with van der Waals surface area (Å²) in [6.45, 7) is 4.58. The van der Waals surface area contributed by atoms with Gasteiger partial charge in [-0.1, -0.05) is 42.5 Å². The number of carbonyl (C=O) groups is 1. The van der Waals surface area contributed by atoms with E-state index >= 15 is 0 Å². The van der Waals surface area contributed by atoms with Crippen LogP contribution in [0.5, 0.6) is 0 Å². The number of imidazole rings is 2. The first-order valence-corrected chi connectivity index (χ1v) is 9.54. The van der Waals surface area contributed by atoms with E-state index in [9.17, 15) is 4.79 Å². The molecule has 1 amide bonds. The first-order chi connectivity index (χ1) is 14.1. The summed E-state index contributed by atoms with van der Waals surface area (Å²) >= 11 is 0. The molecule has 6 nitrogen and oxygen atoms in total. The van der Waals surface area contributed by atoms with Crippen molar-refractivity contribution in [2.24, 2.45) is 0 Å². The highest BCUT2D eigenvalue weighted by atomic mass is 16.2. The number of amides is 1. The van der Waals surface area contributed by atoms with Gasteiger partial charge in [-0.25, -0.2) is 9.97 Å². The first kappa shape index (κ1) is 18.7. The number of aryl methyl sites for hydroxylation is 2. The van der Waals surface area contributed by atoms with Crippen LogP contribution in [-0.4, -0.2) is 25.0 Å². The number of nitrogens with zero attached hydrogens (tertiary/aromatic N) is 4. The van der Waals surface area contributed by atoms with E-state index in [1.165, 1.54) is 0 Å². The van der Waals surface area contributed by atoms with Gasteiger partial charge in [0.1, 0.15) is 17.7 Å². The van der Waals surface area contributed by atoms with E-state index in [0.29, 0.717) is 6.54 Å². The zero-order chi connectivity index (χ0) is 20.2. The second kappa shape index (κ2) is 8.14. The number of hydrogen-bond acceptors (Lipinski definition) is 3. The van der Waals surface area contributed by atoms with Gasteiger partial charge in [-0.2, -0.15) is 0 Å². The lowest BCUT2D eigenvalue weighted by atomic mass is 10.1. The molecule has 2 aromatic carbocycles. The van der Waals surface area contributed by atoms with Crippen LogP contribution in [0.15, 0.2) is 79.4 Å². The molecule has 0 bridgehead atoms. The maximum absolute atomic E-state index is 13.3. The maximum Gasteiger partial charge on any atom is 0.252 e. The molecule has 29 heavy (non-hydrogen) atoms. The van der Waals surface area contributed by atoms with Crippen molar-refractivity contribution in [1.82, 2.24) is 19.1 Å². The van der Waals surface area contributed by atoms with E-state index in [4.69, 9.17) is 0 Å². The van der Waals surface area contributed by atoms with Crippen molar-refractivity contribution >= 4 is 11.6 Å². The van der Waals surface area contributed by atoms with Gasteiger partial charge in [0.25, 0.3) is 5.91 Å². The summed E-state index contributed by atoms with van der Waals surface area (Å²) in [5, 5.41) is 3.08. The Morgan fingerprint density at radius 1 is 0.966 bits per heavy atom. The van der Waals surface area contributed by atoms with Crippen molar-refractivity contribution in [3.63, 3.8) is 0 Å². The molecule has 0 radical (unpaired) electrons. The van der Waals surface area contributed by atoms with Crippen LogP contribution in [0.2, 0.25) is 0 Å². The number of aromatic nitrogens is 4. The highest BCUT2D eigenvalue weighted by Gasteiger charge is 2.23. The predicted molar refractivity (Wildman–Crippen MR) is 113 cm³/mol. The third-order valence-corrected chi connectivity index (χ3v) is 4.98. The molecule has 2 heterocycles. The molecule has 0 saturated carbocycles. The molecule has 0 aliphatic rings. The number of anilines is 1. The molecule has 0 aliphatic heterocycles. The highest BCUT2D eigenvalue weighted by Crippen LogP contribution is 2.22. The largest absolute Gasteiger partial charge is 0.331 e. The normalized spacial score (nSPS) is 11.9. The van der Waals surface area contributed by atoms with Gasteiger partial charge in [-0.3, -0.25) is 4.79 Å². The van der Waals surface area contributed by atoms with Crippen molar-refractivity contribution in [2.45, 2.75) is 26.4 Å². The van der Waals surface area contributed by atoms with Crippen LogP contribution in [0.4, 0.5) is 5.69 Å². The maximum atomic E-state index is 13.3. The van der Waals surface area contributed by atoms with Crippen molar-refractivity contribution in [3.05, 3.63) is 102 Å². The Labute approximate surface area is 169 Å². The standard InChI is InChI=1S/C23H23N5O/c1-17-24-11-13-27(17)16-19-7-6-10-21(15-19)26-23(29)22(20-8-4-3-5-9-20)28-14-12-25-18(28)2/h3-15,22H,16H2,1-2H3,(H,26,29)/t22-/m0/s1. The fraction of sp³-hybridized carbons (Fsp3) is 0.174. The van der Waals surface area contributed by atoms with Crippen LogP contribution in [-0.2, 0) is 11.3 Å². The lowest BCUT2D eigenvalue weighted by molar-refractivity contribution is -0.118. The molecule has 1 N–H and O–H groups in total. The van der Waals surface area contributed by atoms with Gasteiger partial charge >= 0.3 is 0 Å². The Morgan fingerprint density at radius 2 is 1.72 bits per heavy atom. The van der Waals surface area contributed by atoms with Gasteiger partial charge in [0.05, 0.1) is 0 Å². The monoisotopic (exact) mass is 385 g/mol. The SMILES string of the molecule is Cc1nccn1Cc1cccc(NC(=O)[C@H](c2ccccc2)n2ccnc2C)c1. The lowest BCUT2D eigenvalue weighted by Crippen LogP contribution is -2.27. The second-order valence-corrected chi connectivity index (χ2v) is 6.99. The summed E-state index contributed by atoms with van der Waals surface area (Å²) in [5.41, 5.74) is 2.78. The molecule has 1 atom stereocenters. The quantitative estimate of drug-likeness (QED) is 0.546. The summed E-state index contributed by atoms with van der Waals surface area (Å²) in [6.07, 6.45) is 7.30. The topological polar surface area (TPSA) is 64.7 Å². The molecule has 0 aliphatic carbocycles. The average Bonchev–Trinajstić information content (AvgIpc) is 3.32. The van der Waals surface area contributed by atoms with Crippen molar-refractivity contribution in [3.8, 4) is 0 Å². The average molecular weight is 385 g/mol. The van der Waals surface area contributed by atoms with Gasteiger partial charge in [0.2, 0.25) is 0 Å². The summed E-state index contributed by atoms with van der Waals surface area (Å²) < 4.78 is 3.96. The van der Waals surface area contributed by atoms with Crippen LogP contribution >= 0.6 is 0 Å². The Hall–Kier alpha value is -3.67. The van der Waals surface area contributed by atoms with Crippen molar-refractivity contribution in [1.29, 1.82) is 0 Å². The minimum absolute atomic E-state index is 0.103. The Balaban J connectivity index is 1.59. The van der Waals surface area contributed by atoms with Crippen LogP contribution in [0.3, 0.4) is 0 Å².